The average Bonchev–Trinajstić information content (AvgIpc) is 3.27. The van der Waals surface area contributed by atoms with Crippen LogP contribution in [0.15, 0.2) is 48.1 Å². The van der Waals surface area contributed by atoms with E-state index < -0.39 is 0 Å². The van der Waals surface area contributed by atoms with Crippen molar-refractivity contribution in [3.8, 4) is 0 Å². The fraction of sp³-hybridized carbons (Fsp3) is 0.444. The molecule has 1 saturated carbocycles. The van der Waals surface area contributed by atoms with Gasteiger partial charge in [0.1, 0.15) is 0 Å². The zero-order valence-electron chi connectivity index (χ0n) is 19.2. The number of nitrogens with zero attached hydrogens (tertiary/aromatic N) is 2. The van der Waals surface area contributed by atoms with Gasteiger partial charge >= 0.3 is 0 Å². The van der Waals surface area contributed by atoms with Crippen LogP contribution in [0.3, 0.4) is 0 Å². The molecule has 0 saturated heterocycles. The smallest absolute Gasteiger partial charge is 0.229 e. The SMILES string of the molecule is CC1=C(/C=C\C(C)N)c2nc(CC3CCCC3)c(NC(=O)Cc3ccccc3)nc2CC1. The normalized spacial score (nSPS) is 17.6. The van der Waals surface area contributed by atoms with Crippen molar-refractivity contribution >= 4 is 17.3 Å². The van der Waals surface area contributed by atoms with Gasteiger partial charge in [-0.15, -0.1) is 0 Å². The maximum atomic E-state index is 12.8. The summed E-state index contributed by atoms with van der Waals surface area (Å²) < 4.78 is 0. The maximum Gasteiger partial charge on any atom is 0.229 e. The first-order chi connectivity index (χ1) is 15.5. The predicted octanol–water partition coefficient (Wildman–Crippen LogP) is 5.01. The average molecular weight is 431 g/mol. The van der Waals surface area contributed by atoms with Crippen LogP contribution in [0, 0.1) is 5.92 Å². The van der Waals surface area contributed by atoms with Gasteiger partial charge in [0.25, 0.3) is 0 Å². The van der Waals surface area contributed by atoms with Crippen LogP contribution in [0.1, 0.15) is 68.6 Å². The van der Waals surface area contributed by atoms with Gasteiger partial charge in [0, 0.05) is 11.6 Å². The minimum atomic E-state index is -0.0438. The Hall–Kier alpha value is -2.79. The number of benzene rings is 1. The first-order valence-electron chi connectivity index (χ1n) is 11.9. The molecule has 2 aromatic rings. The van der Waals surface area contributed by atoms with Gasteiger partial charge in [-0.3, -0.25) is 4.79 Å². The van der Waals surface area contributed by atoms with E-state index >= 15 is 0 Å². The number of nitrogens with two attached hydrogens (primary N) is 1. The Morgan fingerprint density at radius 1 is 1.19 bits per heavy atom. The van der Waals surface area contributed by atoms with Crippen LogP contribution in [0.2, 0.25) is 0 Å². The molecule has 0 aliphatic heterocycles. The highest BCUT2D eigenvalue weighted by molar-refractivity contribution is 5.92. The number of allylic oxidation sites excluding steroid dienone is 3. The van der Waals surface area contributed by atoms with E-state index in [1.54, 1.807) is 0 Å². The van der Waals surface area contributed by atoms with Crippen LogP contribution >= 0.6 is 0 Å². The number of aryl methyl sites for hydroxylation is 1. The van der Waals surface area contributed by atoms with E-state index in [2.05, 4.69) is 18.3 Å². The Balaban J connectivity index is 1.65. The molecule has 1 atom stereocenters. The summed E-state index contributed by atoms with van der Waals surface area (Å²) in [6.45, 7) is 4.14. The largest absolute Gasteiger partial charge is 0.325 e. The van der Waals surface area contributed by atoms with E-state index in [9.17, 15) is 4.79 Å². The number of carbonyl (C=O) groups is 1. The summed E-state index contributed by atoms with van der Waals surface area (Å²) in [5.41, 5.74) is 12.2. The molecule has 5 heteroatoms. The van der Waals surface area contributed by atoms with Crippen LogP contribution < -0.4 is 11.1 Å². The van der Waals surface area contributed by atoms with Crippen molar-refractivity contribution in [2.24, 2.45) is 11.7 Å². The van der Waals surface area contributed by atoms with Crippen molar-refractivity contribution in [2.45, 2.75) is 71.3 Å². The van der Waals surface area contributed by atoms with Crippen molar-refractivity contribution in [2.75, 3.05) is 5.32 Å². The predicted molar refractivity (Wildman–Crippen MR) is 130 cm³/mol. The van der Waals surface area contributed by atoms with Crippen LogP contribution in [0.25, 0.3) is 5.57 Å². The molecule has 3 N–H and O–H groups in total. The number of hydrogen-bond acceptors (Lipinski definition) is 4. The fourth-order valence-electron chi connectivity index (χ4n) is 4.69. The van der Waals surface area contributed by atoms with E-state index in [1.807, 2.05) is 43.3 Å². The van der Waals surface area contributed by atoms with Crippen molar-refractivity contribution in [3.63, 3.8) is 0 Å². The van der Waals surface area contributed by atoms with Crippen molar-refractivity contribution in [1.29, 1.82) is 0 Å². The molecule has 1 amide bonds. The van der Waals surface area contributed by atoms with Gasteiger partial charge in [-0.05, 0) is 44.6 Å². The molecule has 0 radical (unpaired) electrons. The molecule has 1 aromatic carbocycles. The van der Waals surface area contributed by atoms with Gasteiger partial charge in [0.15, 0.2) is 5.82 Å². The second-order valence-corrected chi connectivity index (χ2v) is 9.29. The molecular formula is C27H34N4O. The molecule has 1 unspecified atom stereocenters. The second-order valence-electron chi connectivity index (χ2n) is 9.29. The summed E-state index contributed by atoms with van der Waals surface area (Å²) in [5, 5.41) is 3.09. The highest BCUT2D eigenvalue weighted by Gasteiger charge is 2.24. The van der Waals surface area contributed by atoms with Gasteiger partial charge in [-0.2, -0.15) is 0 Å². The van der Waals surface area contributed by atoms with Gasteiger partial charge in [0.05, 0.1) is 23.5 Å². The first kappa shape index (κ1) is 22.4. The van der Waals surface area contributed by atoms with Crippen molar-refractivity contribution < 1.29 is 4.79 Å². The van der Waals surface area contributed by atoms with E-state index in [0.29, 0.717) is 18.2 Å². The fourth-order valence-corrected chi connectivity index (χ4v) is 4.69. The molecule has 2 aliphatic rings. The van der Waals surface area contributed by atoms with Gasteiger partial charge < -0.3 is 11.1 Å². The molecule has 2 aliphatic carbocycles. The van der Waals surface area contributed by atoms with E-state index in [0.717, 1.165) is 47.5 Å². The lowest BCUT2D eigenvalue weighted by Crippen LogP contribution is -2.21. The molecule has 5 nitrogen and oxygen atoms in total. The van der Waals surface area contributed by atoms with Gasteiger partial charge in [-0.1, -0.05) is 73.7 Å². The number of hydrogen-bond donors (Lipinski definition) is 2. The highest BCUT2D eigenvalue weighted by Crippen LogP contribution is 2.34. The first-order valence-corrected chi connectivity index (χ1v) is 11.9. The topological polar surface area (TPSA) is 80.9 Å². The summed E-state index contributed by atoms with van der Waals surface area (Å²) in [4.78, 5) is 22.9. The number of amides is 1. The molecule has 1 heterocycles. The van der Waals surface area contributed by atoms with Crippen molar-refractivity contribution in [1.82, 2.24) is 9.97 Å². The molecule has 0 bridgehead atoms. The lowest BCUT2D eigenvalue weighted by Gasteiger charge is -2.22. The Labute approximate surface area is 191 Å². The minimum Gasteiger partial charge on any atom is -0.325 e. The van der Waals surface area contributed by atoms with Crippen molar-refractivity contribution in [3.05, 3.63) is 70.7 Å². The molecule has 4 rings (SSSR count). The maximum absolute atomic E-state index is 12.8. The Morgan fingerprint density at radius 3 is 2.66 bits per heavy atom. The summed E-state index contributed by atoms with van der Waals surface area (Å²) >= 11 is 0. The summed E-state index contributed by atoms with van der Waals surface area (Å²) in [6.07, 6.45) is 12.1. The van der Waals surface area contributed by atoms with Crippen LogP contribution in [0.5, 0.6) is 0 Å². The quantitative estimate of drug-likeness (QED) is 0.647. The molecule has 0 spiro atoms. The Morgan fingerprint density at radius 2 is 1.94 bits per heavy atom. The third kappa shape index (κ3) is 5.52. The van der Waals surface area contributed by atoms with E-state index in [4.69, 9.17) is 15.7 Å². The molecular weight excluding hydrogens is 396 g/mol. The lowest BCUT2D eigenvalue weighted by atomic mass is 9.91. The Kier molecular flexibility index (Phi) is 7.15. The molecule has 32 heavy (non-hydrogen) atoms. The third-order valence-electron chi connectivity index (χ3n) is 6.48. The number of nitrogens with one attached hydrogen (secondary N) is 1. The van der Waals surface area contributed by atoms with Crippen LogP contribution in [-0.2, 0) is 24.1 Å². The monoisotopic (exact) mass is 430 g/mol. The van der Waals surface area contributed by atoms with Gasteiger partial charge in [-0.25, -0.2) is 9.97 Å². The minimum absolute atomic E-state index is 0.0110. The van der Waals surface area contributed by atoms with E-state index in [1.165, 1.54) is 31.3 Å². The van der Waals surface area contributed by atoms with Crippen LogP contribution in [0.4, 0.5) is 5.82 Å². The zero-order chi connectivity index (χ0) is 22.5. The van der Waals surface area contributed by atoms with E-state index in [-0.39, 0.29) is 11.9 Å². The lowest BCUT2D eigenvalue weighted by molar-refractivity contribution is -0.115. The molecule has 168 valence electrons. The summed E-state index contributed by atoms with van der Waals surface area (Å²) in [5.74, 6) is 1.22. The zero-order valence-corrected chi connectivity index (χ0v) is 19.2. The number of aromatic nitrogens is 2. The summed E-state index contributed by atoms with van der Waals surface area (Å²) in [7, 11) is 0. The number of anilines is 1. The highest BCUT2D eigenvalue weighted by atomic mass is 16.1. The third-order valence-corrected chi connectivity index (χ3v) is 6.48. The van der Waals surface area contributed by atoms with Gasteiger partial charge in [0.2, 0.25) is 5.91 Å². The number of carbonyl (C=O) groups excluding carboxylic acids is 1. The number of rotatable bonds is 7. The number of fused-ring (bicyclic) bond motifs is 1. The molecule has 1 aromatic heterocycles. The Bertz CT molecular complexity index is 1020. The summed E-state index contributed by atoms with van der Waals surface area (Å²) in [6, 6.07) is 9.81. The van der Waals surface area contributed by atoms with Crippen LogP contribution in [-0.4, -0.2) is 21.9 Å². The standard InChI is InChI=1S/C27H34N4O/c1-18-12-15-23-26(22(18)14-13-19(2)28)29-24(16-20-10-6-7-11-20)27(30-23)31-25(32)17-21-8-4-3-5-9-21/h3-5,8-9,13-14,19-20H,6-7,10-12,15-17,28H2,1-2H3,(H,30,31,32)/b14-13-. The molecule has 1 fully saturated rings. The second kappa shape index (κ2) is 10.2.